The summed E-state index contributed by atoms with van der Waals surface area (Å²) in [6.07, 6.45) is 2.08. The molecule has 0 aliphatic heterocycles. The van der Waals surface area contributed by atoms with Crippen LogP contribution in [0.15, 0.2) is 16.9 Å². The van der Waals surface area contributed by atoms with Crippen LogP contribution in [0.4, 0.5) is 23.1 Å². The molecule has 2 rings (SSSR count). The molecule has 0 aliphatic carbocycles. The number of aryl methyl sites for hydroxylation is 1. The van der Waals surface area contributed by atoms with Crippen LogP contribution >= 0.6 is 0 Å². The fourth-order valence-electron chi connectivity index (χ4n) is 1.56. The van der Waals surface area contributed by atoms with E-state index in [0.29, 0.717) is 18.1 Å². The van der Waals surface area contributed by atoms with Gasteiger partial charge in [0, 0.05) is 12.6 Å². The third-order valence-electron chi connectivity index (χ3n) is 2.42. The first-order chi connectivity index (χ1) is 9.61. The van der Waals surface area contributed by atoms with Gasteiger partial charge in [-0.15, -0.1) is 0 Å². The lowest BCUT2D eigenvalue weighted by atomic mass is 10.4. The molecule has 2 aromatic rings. The van der Waals surface area contributed by atoms with Crippen molar-refractivity contribution in [2.24, 2.45) is 0 Å². The Kier molecular flexibility index (Phi) is 4.08. The molecular weight excluding hydrogens is 264 g/mol. The molecule has 20 heavy (non-hydrogen) atoms. The minimum Gasteiger partial charge on any atom is -0.364 e. The molecule has 9 nitrogen and oxygen atoms in total. The monoisotopic (exact) mass is 278 g/mol. The Morgan fingerprint density at radius 1 is 1.40 bits per heavy atom. The lowest BCUT2D eigenvalue weighted by Gasteiger charge is -2.07. The molecule has 0 unspecified atom stereocenters. The molecule has 2 aromatic heterocycles. The zero-order valence-electron chi connectivity index (χ0n) is 11.1. The molecule has 0 saturated heterocycles. The van der Waals surface area contributed by atoms with Crippen molar-refractivity contribution in [2.45, 2.75) is 20.3 Å². The van der Waals surface area contributed by atoms with Crippen LogP contribution in [0.25, 0.3) is 0 Å². The average Bonchev–Trinajstić information content (AvgIpc) is 2.81. The number of rotatable bonds is 6. The lowest BCUT2D eigenvalue weighted by molar-refractivity contribution is -0.383. The number of nitrogens with one attached hydrogen (secondary N) is 2. The second-order valence-corrected chi connectivity index (χ2v) is 4.05. The number of hydrogen-bond donors (Lipinski definition) is 2. The Bertz CT molecular complexity index is 612. The number of hydrogen-bond acceptors (Lipinski definition) is 8. The van der Waals surface area contributed by atoms with Gasteiger partial charge in [-0.1, -0.05) is 12.1 Å². The first kappa shape index (κ1) is 13.7. The fourth-order valence-corrected chi connectivity index (χ4v) is 1.56. The second kappa shape index (κ2) is 5.95. The van der Waals surface area contributed by atoms with Crippen LogP contribution in [-0.2, 0) is 0 Å². The Balaban J connectivity index is 2.33. The number of nitrogens with zero attached hydrogens (tertiary/aromatic N) is 4. The molecule has 2 N–H and O–H groups in total. The molecule has 0 bridgehead atoms. The zero-order valence-corrected chi connectivity index (χ0v) is 11.1. The van der Waals surface area contributed by atoms with Crippen molar-refractivity contribution in [1.82, 2.24) is 15.1 Å². The Labute approximate surface area is 114 Å². The van der Waals surface area contributed by atoms with E-state index in [1.54, 1.807) is 13.0 Å². The maximum Gasteiger partial charge on any atom is 0.353 e. The van der Waals surface area contributed by atoms with Gasteiger partial charge in [0.25, 0.3) is 0 Å². The van der Waals surface area contributed by atoms with Crippen molar-refractivity contribution < 1.29 is 9.45 Å². The highest BCUT2D eigenvalue weighted by atomic mass is 16.6. The van der Waals surface area contributed by atoms with Gasteiger partial charge in [-0.3, -0.25) is 10.1 Å². The molecule has 9 heteroatoms. The van der Waals surface area contributed by atoms with Gasteiger partial charge in [-0.2, -0.15) is 0 Å². The first-order valence-corrected chi connectivity index (χ1v) is 6.05. The summed E-state index contributed by atoms with van der Waals surface area (Å²) in [4.78, 5) is 18.5. The van der Waals surface area contributed by atoms with E-state index in [4.69, 9.17) is 4.52 Å². The first-order valence-electron chi connectivity index (χ1n) is 6.05. The van der Waals surface area contributed by atoms with Crippen molar-refractivity contribution in [1.29, 1.82) is 0 Å². The Morgan fingerprint density at radius 3 is 2.75 bits per heavy atom. The maximum atomic E-state index is 11.2. The summed E-state index contributed by atoms with van der Waals surface area (Å²) in [6, 6.07) is 1.62. The van der Waals surface area contributed by atoms with E-state index in [0.717, 1.165) is 6.42 Å². The van der Waals surface area contributed by atoms with Crippen LogP contribution in [0.2, 0.25) is 0 Å². The minimum atomic E-state index is -0.534. The SMILES string of the molecule is CCCNc1ncnc(Nc2cc(C)on2)c1[N+](=O)[O-]. The number of anilines is 3. The Morgan fingerprint density at radius 2 is 2.15 bits per heavy atom. The van der Waals surface area contributed by atoms with Gasteiger partial charge in [-0.05, 0) is 13.3 Å². The van der Waals surface area contributed by atoms with E-state index < -0.39 is 4.92 Å². The molecule has 0 spiro atoms. The molecule has 0 radical (unpaired) electrons. The molecule has 0 saturated carbocycles. The Hall–Kier alpha value is -2.71. The van der Waals surface area contributed by atoms with Crippen molar-refractivity contribution in [3.8, 4) is 0 Å². The summed E-state index contributed by atoms with van der Waals surface area (Å²) in [5.41, 5.74) is -0.221. The third kappa shape index (κ3) is 2.99. The lowest BCUT2D eigenvalue weighted by Crippen LogP contribution is -2.08. The van der Waals surface area contributed by atoms with E-state index >= 15 is 0 Å². The molecule has 0 aromatic carbocycles. The van der Waals surface area contributed by atoms with Crippen LogP contribution in [0.3, 0.4) is 0 Å². The van der Waals surface area contributed by atoms with Crippen molar-refractivity contribution in [2.75, 3.05) is 17.2 Å². The number of aromatic nitrogens is 3. The van der Waals surface area contributed by atoms with Crippen molar-refractivity contribution in [3.63, 3.8) is 0 Å². The van der Waals surface area contributed by atoms with Gasteiger partial charge >= 0.3 is 5.69 Å². The predicted octanol–water partition coefficient (Wildman–Crippen LogP) is 2.25. The molecule has 0 atom stereocenters. The summed E-state index contributed by atoms with van der Waals surface area (Å²) in [5.74, 6) is 1.19. The summed E-state index contributed by atoms with van der Waals surface area (Å²) < 4.78 is 4.89. The van der Waals surface area contributed by atoms with Gasteiger partial charge < -0.3 is 15.2 Å². The van der Waals surface area contributed by atoms with E-state index in [9.17, 15) is 10.1 Å². The van der Waals surface area contributed by atoms with Crippen molar-refractivity contribution in [3.05, 3.63) is 28.3 Å². The van der Waals surface area contributed by atoms with Gasteiger partial charge in [-0.25, -0.2) is 9.97 Å². The average molecular weight is 278 g/mol. The fraction of sp³-hybridized carbons (Fsp3) is 0.364. The normalized spacial score (nSPS) is 10.3. The van der Waals surface area contributed by atoms with Crippen LogP contribution in [0, 0.1) is 17.0 Å². The van der Waals surface area contributed by atoms with Gasteiger partial charge in [0.15, 0.2) is 5.82 Å². The standard InChI is InChI=1S/C11H14N6O3/c1-3-4-12-10-9(17(18)19)11(14-6-13-10)15-8-5-7(2)20-16-8/h5-6H,3-4H2,1-2H3,(H2,12,13,14,15,16). The zero-order chi connectivity index (χ0) is 14.5. The van der Waals surface area contributed by atoms with Crippen LogP contribution in [-0.4, -0.2) is 26.6 Å². The highest BCUT2D eigenvalue weighted by molar-refractivity contribution is 5.72. The van der Waals surface area contributed by atoms with E-state index in [1.165, 1.54) is 6.33 Å². The van der Waals surface area contributed by atoms with Crippen LogP contribution < -0.4 is 10.6 Å². The summed E-state index contributed by atoms with van der Waals surface area (Å²) in [6.45, 7) is 4.26. The molecule has 0 amide bonds. The molecule has 0 fully saturated rings. The molecule has 0 aliphatic rings. The largest absolute Gasteiger partial charge is 0.364 e. The maximum absolute atomic E-state index is 11.2. The van der Waals surface area contributed by atoms with E-state index in [-0.39, 0.29) is 17.3 Å². The second-order valence-electron chi connectivity index (χ2n) is 4.05. The topological polar surface area (TPSA) is 119 Å². The molecular formula is C11H14N6O3. The third-order valence-corrected chi connectivity index (χ3v) is 2.42. The van der Waals surface area contributed by atoms with Gasteiger partial charge in [0.2, 0.25) is 11.6 Å². The highest BCUT2D eigenvalue weighted by Gasteiger charge is 2.23. The van der Waals surface area contributed by atoms with E-state index in [2.05, 4.69) is 25.8 Å². The molecule has 2 heterocycles. The number of nitro groups is 1. The van der Waals surface area contributed by atoms with Gasteiger partial charge in [0.1, 0.15) is 12.1 Å². The van der Waals surface area contributed by atoms with Crippen LogP contribution in [0.5, 0.6) is 0 Å². The summed E-state index contributed by atoms with van der Waals surface area (Å²) >= 11 is 0. The summed E-state index contributed by atoms with van der Waals surface area (Å²) in [5, 5.41) is 20.6. The predicted molar refractivity (Wildman–Crippen MR) is 72.0 cm³/mol. The smallest absolute Gasteiger partial charge is 0.353 e. The highest BCUT2D eigenvalue weighted by Crippen LogP contribution is 2.30. The quantitative estimate of drug-likeness (QED) is 0.609. The van der Waals surface area contributed by atoms with Crippen molar-refractivity contribution >= 4 is 23.1 Å². The molecule has 106 valence electrons. The van der Waals surface area contributed by atoms with Crippen LogP contribution in [0.1, 0.15) is 19.1 Å². The minimum absolute atomic E-state index is 0.0666. The summed E-state index contributed by atoms with van der Waals surface area (Å²) in [7, 11) is 0. The van der Waals surface area contributed by atoms with E-state index in [1.807, 2.05) is 6.92 Å². The van der Waals surface area contributed by atoms with Gasteiger partial charge in [0.05, 0.1) is 4.92 Å².